The highest BCUT2D eigenvalue weighted by Gasteiger charge is 2.36. The second kappa shape index (κ2) is 5.41. The topological polar surface area (TPSA) is 20.3 Å². The first-order valence-electron chi connectivity index (χ1n) is 6.99. The summed E-state index contributed by atoms with van der Waals surface area (Å²) in [6, 6.07) is 4.41. The fraction of sp³-hybridized carbons (Fsp3) is 0.562. The van der Waals surface area contributed by atoms with E-state index < -0.39 is 5.54 Å². The van der Waals surface area contributed by atoms with Gasteiger partial charge in [-0.05, 0) is 70.5 Å². The van der Waals surface area contributed by atoms with Gasteiger partial charge in [0.05, 0.1) is 5.54 Å². The lowest BCUT2D eigenvalue weighted by molar-refractivity contribution is 0.0578. The summed E-state index contributed by atoms with van der Waals surface area (Å²) >= 11 is 0. The third-order valence-corrected chi connectivity index (χ3v) is 4.14. The van der Waals surface area contributed by atoms with Gasteiger partial charge < -0.3 is 0 Å². The Bertz CT molecular complexity index is 476. The van der Waals surface area contributed by atoms with Gasteiger partial charge in [0.2, 0.25) is 0 Å². The van der Waals surface area contributed by atoms with Crippen molar-refractivity contribution in [2.24, 2.45) is 0 Å². The van der Waals surface area contributed by atoms with E-state index in [-0.39, 0.29) is 11.6 Å². The monoisotopic (exact) mass is 263 g/mol. The molecule has 104 valence electrons. The number of hydrogen-bond donors (Lipinski definition) is 0. The summed E-state index contributed by atoms with van der Waals surface area (Å²) in [5.41, 5.74) is 0.843. The third kappa shape index (κ3) is 2.86. The van der Waals surface area contributed by atoms with E-state index in [1.165, 1.54) is 18.6 Å². The second-order valence-corrected chi connectivity index (χ2v) is 5.90. The normalized spacial score (nSPS) is 17.5. The Labute approximate surface area is 114 Å². The Hall–Kier alpha value is -1.22. The molecule has 2 rings (SSSR count). The third-order valence-electron chi connectivity index (χ3n) is 4.14. The summed E-state index contributed by atoms with van der Waals surface area (Å²) in [5.74, 6) is -0.197. The minimum atomic E-state index is -0.511. The van der Waals surface area contributed by atoms with E-state index in [0.29, 0.717) is 5.56 Å². The minimum absolute atomic E-state index is 0.0897. The van der Waals surface area contributed by atoms with Gasteiger partial charge in [-0.25, -0.2) is 4.39 Å². The molecule has 1 aromatic rings. The standard InChI is InChI=1S/C16H22FNO/c1-12-11-13(17)7-8-14(12)15(19)16(2,3)18-9-5-4-6-10-18/h7-8,11H,4-6,9-10H2,1-3H3. The van der Waals surface area contributed by atoms with Gasteiger partial charge in [0.1, 0.15) is 5.82 Å². The molecule has 0 aromatic heterocycles. The first-order chi connectivity index (χ1) is 8.93. The highest BCUT2D eigenvalue weighted by atomic mass is 19.1. The lowest BCUT2D eigenvalue weighted by Crippen LogP contribution is -2.52. The number of halogens is 1. The summed E-state index contributed by atoms with van der Waals surface area (Å²) in [6.07, 6.45) is 3.55. The van der Waals surface area contributed by atoms with Crippen molar-refractivity contribution < 1.29 is 9.18 Å². The Balaban J connectivity index is 2.26. The lowest BCUT2D eigenvalue weighted by Gasteiger charge is -2.40. The molecule has 0 bridgehead atoms. The minimum Gasteiger partial charge on any atom is -0.292 e. The van der Waals surface area contributed by atoms with Gasteiger partial charge in [0.25, 0.3) is 0 Å². The molecular formula is C16H22FNO. The van der Waals surface area contributed by atoms with E-state index in [1.54, 1.807) is 13.0 Å². The smallest absolute Gasteiger partial charge is 0.182 e. The number of hydrogen-bond acceptors (Lipinski definition) is 2. The van der Waals surface area contributed by atoms with Crippen molar-refractivity contribution in [3.05, 3.63) is 35.1 Å². The van der Waals surface area contributed by atoms with Crippen LogP contribution in [0.2, 0.25) is 0 Å². The molecule has 0 aliphatic carbocycles. The molecular weight excluding hydrogens is 241 g/mol. The maximum absolute atomic E-state index is 13.1. The van der Waals surface area contributed by atoms with Crippen LogP contribution in [0.3, 0.4) is 0 Å². The van der Waals surface area contributed by atoms with Crippen molar-refractivity contribution in [2.45, 2.75) is 45.6 Å². The van der Waals surface area contributed by atoms with E-state index in [0.717, 1.165) is 31.5 Å². The number of aryl methyl sites for hydroxylation is 1. The van der Waals surface area contributed by atoms with Gasteiger partial charge >= 0.3 is 0 Å². The quantitative estimate of drug-likeness (QED) is 0.777. The van der Waals surface area contributed by atoms with Crippen LogP contribution in [0.15, 0.2) is 18.2 Å². The molecule has 1 aromatic carbocycles. The molecule has 1 fully saturated rings. The number of Topliss-reactive ketones (excluding diaryl/α,β-unsaturated/α-hetero) is 1. The van der Waals surface area contributed by atoms with Crippen LogP contribution in [0, 0.1) is 12.7 Å². The number of piperidine rings is 1. The number of ketones is 1. The summed E-state index contributed by atoms with van der Waals surface area (Å²) in [7, 11) is 0. The first-order valence-corrected chi connectivity index (χ1v) is 6.99. The molecule has 0 radical (unpaired) electrons. The average molecular weight is 263 g/mol. The highest BCUT2D eigenvalue weighted by Crippen LogP contribution is 2.26. The molecule has 1 saturated heterocycles. The Morgan fingerprint density at radius 2 is 1.84 bits per heavy atom. The van der Waals surface area contributed by atoms with Gasteiger partial charge in [-0.1, -0.05) is 6.42 Å². The molecule has 0 unspecified atom stereocenters. The predicted octanol–water partition coefficient (Wildman–Crippen LogP) is 3.58. The molecule has 19 heavy (non-hydrogen) atoms. The number of carbonyl (C=O) groups is 1. The van der Waals surface area contributed by atoms with Gasteiger partial charge in [-0.2, -0.15) is 0 Å². The molecule has 1 heterocycles. The number of likely N-dealkylation sites (tertiary alicyclic amines) is 1. The summed E-state index contributed by atoms with van der Waals surface area (Å²) in [4.78, 5) is 15.0. The molecule has 0 atom stereocenters. The van der Waals surface area contributed by atoms with Crippen LogP contribution in [-0.4, -0.2) is 29.3 Å². The van der Waals surface area contributed by atoms with E-state index in [2.05, 4.69) is 4.90 Å². The van der Waals surface area contributed by atoms with Crippen molar-refractivity contribution in [2.75, 3.05) is 13.1 Å². The largest absolute Gasteiger partial charge is 0.292 e. The van der Waals surface area contributed by atoms with E-state index >= 15 is 0 Å². The lowest BCUT2D eigenvalue weighted by atomic mass is 9.87. The van der Waals surface area contributed by atoms with E-state index in [9.17, 15) is 9.18 Å². The molecule has 3 heteroatoms. The molecule has 1 aliphatic rings. The number of rotatable bonds is 3. The molecule has 0 N–H and O–H groups in total. The van der Waals surface area contributed by atoms with Gasteiger partial charge in [0.15, 0.2) is 5.78 Å². The fourth-order valence-electron chi connectivity index (χ4n) is 2.81. The predicted molar refractivity (Wildman–Crippen MR) is 75.0 cm³/mol. The highest BCUT2D eigenvalue weighted by molar-refractivity contribution is 6.03. The van der Waals surface area contributed by atoms with Crippen molar-refractivity contribution in [3.8, 4) is 0 Å². The van der Waals surface area contributed by atoms with Gasteiger partial charge in [-0.3, -0.25) is 9.69 Å². The van der Waals surface area contributed by atoms with Crippen LogP contribution >= 0.6 is 0 Å². The fourth-order valence-corrected chi connectivity index (χ4v) is 2.81. The average Bonchev–Trinajstić information content (AvgIpc) is 2.39. The zero-order valence-electron chi connectivity index (χ0n) is 12.0. The zero-order valence-corrected chi connectivity index (χ0v) is 12.0. The van der Waals surface area contributed by atoms with Crippen molar-refractivity contribution >= 4 is 5.78 Å². The zero-order chi connectivity index (χ0) is 14.0. The molecule has 1 aliphatic heterocycles. The van der Waals surface area contributed by atoms with Crippen molar-refractivity contribution in [3.63, 3.8) is 0 Å². The van der Waals surface area contributed by atoms with Gasteiger partial charge in [0, 0.05) is 5.56 Å². The maximum atomic E-state index is 13.1. The van der Waals surface area contributed by atoms with E-state index in [1.807, 2.05) is 13.8 Å². The van der Waals surface area contributed by atoms with Crippen LogP contribution in [0.25, 0.3) is 0 Å². The van der Waals surface area contributed by atoms with Crippen molar-refractivity contribution in [1.82, 2.24) is 4.90 Å². The Morgan fingerprint density at radius 3 is 2.42 bits per heavy atom. The van der Waals surface area contributed by atoms with E-state index in [4.69, 9.17) is 0 Å². The first kappa shape index (κ1) is 14.2. The SMILES string of the molecule is Cc1cc(F)ccc1C(=O)C(C)(C)N1CCCCC1. The molecule has 0 spiro atoms. The Morgan fingerprint density at radius 1 is 1.21 bits per heavy atom. The van der Waals surface area contributed by atoms with Crippen LogP contribution in [-0.2, 0) is 0 Å². The molecule has 0 saturated carbocycles. The van der Waals surface area contributed by atoms with Crippen LogP contribution in [0.4, 0.5) is 4.39 Å². The summed E-state index contributed by atoms with van der Waals surface area (Å²) in [5, 5.41) is 0. The van der Waals surface area contributed by atoms with Gasteiger partial charge in [-0.15, -0.1) is 0 Å². The number of benzene rings is 1. The van der Waals surface area contributed by atoms with Crippen LogP contribution in [0.5, 0.6) is 0 Å². The summed E-state index contributed by atoms with van der Waals surface area (Å²) < 4.78 is 13.1. The van der Waals surface area contributed by atoms with Crippen LogP contribution in [0.1, 0.15) is 49.0 Å². The Kier molecular flexibility index (Phi) is 4.04. The molecule has 0 amide bonds. The van der Waals surface area contributed by atoms with Crippen LogP contribution < -0.4 is 0 Å². The maximum Gasteiger partial charge on any atom is 0.182 e. The molecule has 2 nitrogen and oxygen atoms in total. The number of nitrogens with zero attached hydrogens (tertiary/aromatic N) is 1. The second-order valence-electron chi connectivity index (χ2n) is 5.90. The summed E-state index contributed by atoms with van der Waals surface area (Å²) in [6.45, 7) is 7.69. The number of carbonyl (C=O) groups excluding carboxylic acids is 1. The van der Waals surface area contributed by atoms with Crippen molar-refractivity contribution in [1.29, 1.82) is 0 Å².